The van der Waals surface area contributed by atoms with Crippen molar-refractivity contribution < 1.29 is 0 Å². The maximum absolute atomic E-state index is 5.56. The molecule has 1 aromatic carbocycles. The molecule has 3 rings (SSSR count). The van der Waals surface area contributed by atoms with Crippen LogP contribution < -0.4 is 27.4 Å². The first-order valence-electron chi connectivity index (χ1n) is 8.54. The van der Waals surface area contributed by atoms with Crippen LogP contribution in [0.4, 0.5) is 17.3 Å². The van der Waals surface area contributed by atoms with E-state index in [1.807, 2.05) is 30.3 Å². The van der Waals surface area contributed by atoms with Gasteiger partial charge in [-0.05, 0) is 25.0 Å². The van der Waals surface area contributed by atoms with Gasteiger partial charge in [-0.3, -0.25) is 16.3 Å². The first-order valence-corrected chi connectivity index (χ1v) is 8.54. The summed E-state index contributed by atoms with van der Waals surface area (Å²) in [4.78, 5) is 13.0. The van der Waals surface area contributed by atoms with E-state index in [4.69, 9.17) is 5.84 Å². The Balaban J connectivity index is 1.58. The monoisotopic (exact) mass is 340 g/mol. The van der Waals surface area contributed by atoms with Crippen molar-refractivity contribution in [2.75, 3.05) is 10.7 Å². The smallest absolute Gasteiger partial charge is 0.225 e. The predicted molar refractivity (Wildman–Crippen MR) is 100 cm³/mol. The fourth-order valence-corrected chi connectivity index (χ4v) is 2.78. The Bertz CT molecular complexity index is 682. The van der Waals surface area contributed by atoms with Gasteiger partial charge in [0.1, 0.15) is 18.0 Å². The number of nitrogens with zero attached hydrogens (tertiary/aromatic N) is 3. The molecular weight excluding hydrogens is 316 g/mol. The number of rotatable bonds is 5. The molecule has 0 atom stereocenters. The van der Waals surface area contributed by atoms with Gasteiger partial charge in [-0.2, -0.15) is 0 Å². The number of hydrogen-bond acceptors (Lipinski definition) is 6. The minimum Gasteiger partial charge on any atom is -0.340 e. The molecule has 0 amide bonds. The third-order valence-electron chi connectivity index (χ3n) is 4.05. The molecule has 6 N–H and O–H groups in total. The van der Waals surface area contributed by atoms with Gasteiger partial charge in [0.2, 0.25) is 5.96 Å². The summed E-state index contributed by atoms with van der Waals surface area (Å²) in [5.74, 6) is 7.36. The van der Waals surface area contributed by atoms with Crippen molar-refractivity contribution in [3.63, 3.8) is 0 Å². The summed E-state index contributed by atoms with van der Waals surface area (Å²) in [6.45, 7) is 0. The molecule has 0 unspecified atom stereocenters. The van der Waals surface area contributed by atoms with Crippen LogP contribution in [-0.4, -0.2) is 22.0 Å². The van der Waals surface area contributed by atoms with Crippen LogP contribution in [0, 0.1) is 0 Å². The minimum absolute atomic E-state index is 0.315. The number of nitrogens with two attached hydrogens (primary N) is 1. The van der Waals surface area contributed by atoms with Gasteiger partial charge in [-0.1, -0.05) is 37.5 Å². The number of aliphatic imine (C=N–C) groups is 1. The number of nitrogens with one attached hydrogen (secondary N) is 4. The van der Waals surface area contributed by atoms with Crippen LogP contribution in [0.3, 0.4) is 0 Å². The number of anilines is 3. The molecule has 0 aliphatic heterocycles. The molecule has 132 valence electrons. The molecule has 1 aliphatic carbocycles. The Kier molecular flexibility index (Phi) is 6.00. The van der Waals surface area contributed by atoms with Gasteiger partial charge in [-0.15, -0.1) is 0 Å². The number of benzene rings is 1. The van der Waals surface area contributed by atoms with E-state index in [0.717, 1.165) is 18.5 Å². The average Bonchev–Trinajstić information content (AvgIpc) is 2.67. The number of hydrazine groups is 2. The van der Waals surface area contributed by atoms with E-state index >= 15 is 0 Å². The maximum atomic E-state index is 5.56. The minimum atomic E-state index is 0.315. The van der Waals surface area contributed by atoms with Crippen LogP contribution in [0.25, 0.3) is 0 Å². The van der Waals surface area contributed by atoms with E-state index in [1.54, 1.807) is 6.07 Å². The standard InChI is InChI=1S/C17H24N8/c18-23-17(22-14-9-5-2-6-10-14)25-24-16-11-15(19-12-20-16)21-13-7-3-1-4-8-13/h1,3-4,7-8,11-12,14H,2,5-6,9-10,18H2,(H2,22,23,25)(H2,19,20,21,24). The summed E-state index contributed by atoms with van der Waals surface area (Å²) >= 11 is 0. The maximum Gasteiger partial charge on any atom is 0.225 e. The Labute approximate surface area is 147 Å². The second-order valence-corrected chi connectivity index (χ2v) is 5.94. The van der Waals surface area contributed by atoms with Gasteiger partial charge in [0.15, 0.2) is 0 Å². The number of guanidine groups is 1. The lowest BCUT2D eigenvalue weighted by molar-refractivity contribution is 0.441. The summed E-state index contributed by atoms with van der Waals surface area (Å²) in [6, 6.07) is 12.0. The first kappa shape index (κ1) is 17.0. The molecule has 25 heavy (non-hydrogen) atoms. The Morgan fingerprint density at radius 1 is 1.04 bits per heavy atom. The molecule has 1 fully saturated rings. The van der Waals surface area contributed by atoms with Gasteiger partial charge in [0, 0.05) is 11.8 Å². The molecule has 1 heterocycles. The molecule has 2 aromatic rings. The van der Waals surface area contributed by atoms with Crippen molar-refractivity contribution in [1.29, 1.82) is 0 Å². The fraction of sp³-hybridized carbons (Fsp3) is 0.353. The molecule has 0 saturated heterocycles. The highest BCUT2D eigenvalue weighted by Gasteiger charge is 2.13. The molecule has 8 heteroatoms. The lowest BCUT2D eigenvalue weighted by Gasteiger charge is -2.19. The van der Waals surface area contributed by atoms with Crippen LogP contribution in [0.15, 0.2) is 47.7 Å². The summed E-state index contributed by atoms with van der Waals surface area (Å²) in [6.07, 6.45) is 7.43. The largest absolute Gasteiger partial charge is 0.340 e. The van der Waals surface area contributed by atoms with Crippen LogP contribution in [0.1, 0.15) is 32.1 Å². The van der Waals surface area contributed by atoms with Gasteiger partial charge >= 0.3 is 0 Å². The van der Waals surface area contributed by atoms with Crippen molar-refractivity contribution in [1.82, 2.24) is 20.8 Å². The van der Waals surface area contributed by atoms with Gasteiger partial charge < -0.3 is 5.32 Å². The number of hydrogen-bond donors (Lipinski definition) is 5. The molecule has 1 aromatic heterocycles. The lowest BCUT2D eigenvalue weighted by atomic mass is 9.96. The van der Waals surface area contributed by atoms with E-state index in [1.165, 1.54) is 25.6 Å². The molecule has 1 saturated carbocycles. The second kappa shape index (κ2) is 8.84. The van der Waals surface area contributed by atoms with Crippen molar-refractivity contribution in [2.24, 2.45) is 10.8 Å². The molecule has 0 bridgehead atoms. The van der Waals surface area contributed by atoms with E-state index in [0.29, 0.717) is 23.6 Å². The van der Waals surface area contributed by atoms with E-state index < -0.39 is 0 Å². The van der Waals surface area contributed by atoms with E-state index in [-0.39, 0.29) is 0 Å². The van der Waals surface area contributed by atoms with Crippen LogP contribution >= 0.6 is 0 Å². The van der Waals surface area contributed by atoms with E-state index in [9.17, 15) is 0 Å². The number of para-hydroxylation sites is 1. The Hall–Kier alpha value is -2.87. The van der Waals surface area contributed by atoms with Crippen LogP contribution in [0.5, 0.6) is 0 Å². The average molecular weight is 340 g/mol. The summed E-state index contributed by atoms with van der Waals surface area (Å²) in [7, 11) is 0. The first-order chi connectivity index (χ1) is 12.3. The fourth-order valence-electron chi connectivity index (χ4n) is 2.78. The quantitative estimate of drug-likeness (QED) is 0.246. The highest BCUT2D eigenvalue weighted by atomic mass is 15.5. The van der Waals surface area contributed by atoms with Gasteiger partial charge in [-0.25, -0.2) is 20.8 Å². The van der Waals surface area contributed by atoms with Gasteiger partial charge in [0.05, 0.1) is 6.04 Å². The molecule has 0 radical (unpaired) electrons. The highest BCUT2D eigenvalue weighted by molar-refractivity contribution is 5.80. The third-order valence-corrected chi connectivity index (χ3v) is 4.05. The SMILES string of the molecule is NNC(=NC1CCCCC1)NNc1cc(Nc2ccccc2)ncn1. The molecule has 1 aliphatic rings. The van der Waals surface area contributed by atoms with Crippen molar-refractivity contribution in [3.8, 4) is 0 Å². The summed E-state index contributed by atoms with van der Waals surface area (Å²) < 4.78 is 0. The molecular formula is C17H24N8. The third kappa shape index (κ3) is 5.32. The van der Waals surface area contributed by atoms with Crippen molar-refractivity contribution in [3.05, 3.63) is 42.7 Å². The zero-order valence-corrected chi connectivity index (χ0v) is 14.1. The van der Waals surface area contributed by atoms with Crippen LogP contribution in [-0.2, 0) is 0 Å². The number of aromatic nitrogens is 2. The lowest BCUT2D eigenvalue weighted by Crippen LogP contribution is -2.45. The molecule has 0 spiro atoms. The topological polar surface area (TPSA) is 112 Å². The Morgan fingerprint density at radius 2 is 1.80 bits per heavy atom. The highest BCUT2D eigenvalue weighted by Crippen LogP contribution is 2.20. The van der Waals surface area contributed by atoms with E-state index in [2.05, 4.69) is 36.6 Å². The zero-order chi connectivity index (χ0) is 17.3. The van der Waals surface area contributed by atoms with Crippen LogP contribution in [0.2, 0.25) is 0 Å². The normalized spacial score (nSPS) is 15.5. The van der Waals surface area contributed by atoms with Crippen molar-refractivity contribution >= 4 is 23.3 Å². The predicted octanol–water partition coefficient (Wildman–Crippen LogP) is 2.29. The van der Waals surface area contributed by atoms with Gasteiger partial charge in [0.25, 0.3) is 0 Å². The van der Waals surface area contributed by atoms with Crippen molar-refractivity contribution in [2.45, 2.75) is 38.1 Å². The summed E-state index contributed by atoms with van der Waals surface area (Å²) in [5, 5.41) is 3.22. The Morgan fingerprint density at radius 3 is 2.56 bits per heavy atom. The molecule has 8 nitrogen and oxygen atoms in total. The zero-order valence-electron chi connectivity index (χ0n) is 14.1. The second-order valence-electron chi connectivity index (χ2n) is 5.94. The summed E-state index contributed by atoms with van der Waals surface area (Å²) in [5.41, 5.74) is 9.52.